The minimum atomic E-state index is 0.0797. The molecule has 4 heterocycles. The number of aryl methyl sites for hydroxylation is 1. The number of fused-ring (bicyclic) bond motifs is 1. The van der Waals surface area contributed by atoms with Crippen LogP contribution in [0.5, 0.6) is 0 Å². The van der Waals surface area contributed by atoms with Gasteiger partial charge in [-0.3, -0.25) is 4.68 Å². The van der Waals surface area contributed by atoms with Crippen LogP contribution in [0.15, 0.2) is 58.8 Å². The normalized spacial score (nSPS) is 20.5. The molecule has 2 aliphatic rings. The van der Waals surface area contributed by atoms with E-state index in [4.69, 9.17) is 5.73 Å². The molecular weight excluding hydrogens is 368 g/mol. The van der Waals surface area contributed by atoms with Crippen molar-refractivity contribution in [1.29, 1.82) is 0 Å². The minimum Gasteiger partial charge on any atom is -0.355 e. The molecule has 1 spiro atoms. The van der Waals surface area contributed by atoms with E-state index < -0.39 is 0 Å². The maximum Gasteiger partial charge on any atom is 0.147 e. The lowest BCUT2D eigenvalue weighted by atomic mass is 9.73. The Bertz CT molecular complexity index is 975. The van der Waals surface area contributed by atoms with Gasteiger partial charge in [0.25, 0.3) is 0 Å². The number of anilines is 1. The lowest BCUT2D eigenvalue weighted by Crippen LogP contribution is -2.45. The molecule has 0 radical (unpaired) electrons. The summed E-state index contributed by atoms with van der Waals surface area (Å²) in [5.41, 5.74) is 9.14. The van der Waals surface area contributed by atoms with Gasteiger partial charge in [-0.25, -0.2) is 9.97 Å². The topological polar surface area (TPSA) is 72.9 Å². The third kappa shape index (κ3) is 2.99. The van der Waals surface area contributed by atoms with E-state index in [0.29, 0.717) is 0 Å². The second kappa shape index (κ2) is 6.90. The Hall–Kier alpha value is -2.38. The molecule has 3 aromatic rings. The van der Waals surface area contributed by atoms with E-state index in [1.165, 1.54) is 16.2 Å². The lowest BCUT2D eigenvalue weighted by molar-refractivity contribution is 0.170. The molecule has 0 bridgehead atoms. The summed E-state index contributed by atoms with van der Waals surface area (Å²) < 4.78 is 2.08. The lowest BCUT2D eigenvalue weighted by Gasteiger charge is -2.41. The molecule has 0 unspecified atom stereocenters. The first-order chi connectivity index (χ1) is 13.6. The Balaban J connectivity index is 1.25. The van der Waals surface area contributed by atoms with Crippen LogP contribution in [-0.4, -0.2) is 32.8 Å². The Morgan fingerprint density at radius 2 is 1.93 bits per heavy atom. The molecule has 1 saturated heterocycles. The second-order valence-electron chi connectivity index (χ2n) is 7.82. The largest absolute Gasteiger partial charge is 0.355 e. The van der Waals surface area contributed by atoms with Crippen LogP contribution < -0.4 is 10.6 Å². The maximum atomic E-state index is 6.58. The molecule has 6 nitrogen and oxygen atoms in total. The number of aromatic nitrogens is 4. The number of piperidine rings is 1. The summed E-state index contributed by atoms with van der Waals surface area (Å²) in [5.74, 6) is 0.952. The predicted molar refractivity (Wildman–Crippen MR) is 110 cm³/mol. The van der Waals surface area contributed by atoms with E-state index in [0.717, 1.165) is 43.3 Å². The average molecular weight is 393 g/mol. The average Bonchev–Trinajstić information content (AvgIpc) is 3.27. The molecule has 144 valence electrons. The highest BCUT2D eigenvalue weighted by molar-refractivity contribution is 7.99. The summed E-state index contributed by atoms with van der Waals surface area (Å²) in [6.07, 6.45) is 7.74. The molecule has 2 aliphatic heterocycles. The van der Waals surface area contributed by atoms with Gasteiger partial charge in [0.1, 0.15) is 10.8 Å². The van der Waals surface area contributed by atoms with Crippen molar-refractivity contribution in [1.82, 2.24) is 19.7 Å². The molecule has 5 rings (SSSR count). The molecule has 1 aromatic carbocycles. The maximum absolute atomic E-state index is 6.58. The van der Waals surface area contributed by atoms with Gasteiger partial charge in [-0.1, -0.05) is 30.0 Å². The smallest absolute Gasteiger partial charge is 0.147 e. The fourth-order valence-electron chi connectivity index (χ4n) is 4.41. The van der Waals surface area contributed by atoms with Crippen molar-refractivity contribution in [2.24, 2.45) is 11.1 Å². The zero-order valence-electron chi connectivity index (χ0n) is 16.0. The van der Waals surface area contributed by atoms with Crippen molar-refractivity contribution in [2.45, 2.75) is 42.3 Å². The van der Waals surface area contributed by atoms with Gasteiger partial charge in [-0.2, -0.15) is 5.10 Å². The molecule has 0 amide bonds. The number of hydrogen-bond acceptors (Lipinski definition) is 6. The summed E-state index contributed by atoms with van der Waals surface area (Å²) >= 11 is 1.66. The third-order valence-electron chi connectivity index (χ3n) is 6.20. The Kier molecular flexibility index (Phi) is 4.36. The SMILES string of the molecule is Cc1ccccc1Sc1cnc(N2CCC3(CC2)Cn2nccc2[C@H]3N)cn1. The van der Waals surface area contributed by atoms with Gasteiger partial charge in [0.05, 0.1) is 24.1 Å². The van der Waals surface area contributed by atoms with Crippen LogP contribution in [0.2, 0.25) is 0 Å². The standard InChI is InChI=1S/C21H24N6S/c1-15-4-2-3-5-17(15)28-19-13-23-18(12-24-19)26-10-7-21(8-11-26)14-27-16(20(21)22)6-9-25-27/h2-6,9,12-13,20H,7-8,10-11,14,22H2,1H3/t20-/m1/s1. The van der Waals surface area contributed by atoms with Crippen molar-refractivity contribution >= 4 is 17.6 Å². The van der Waals surface area contributed by atoms with Crippen LogP contribution in [-0.2, 0) is 6.54 Å². The van der Waals surface area contributed by atoms with E-state index in [9.17, 15) is 0 Å². The monoisotopic (exact) mass is 392 g/mol. The van der Waals surface area contributed by atoms with E-state index in [1.54, 1.807) is 11.8 Å². The summed E-state index contributed by atoms with van der Waals surface area (Å²) in [7, 11) is 0. The Morgan fingerprint density at radius 3 is 2.64 bits per heavy atom. The molecule has 1 fully saturated rings. The Morgan fingerprint density at radius 1 is 1.11 bits per heavy atom. The molecule has 1 atom stereocenters. The van der Waals surface area contributed by atoms with Crippen molar-refractivity contribution in [2.75, 3.05) is 18.0 Å². The molecule has 2 aromatic heterocycles. The number of benzene rings is 1. The van der Waals surface area contributed by atoms with Crippen molar-refractivity contribution in [3.05, 3.63) is 60.2 Å². The van der Waals surface area contributed by atoms with Gasteiger partial charge in [0, 0.05) is 36.1 Å². The van der Waals surface area contributed by atoms with Gasteiger partial charge >= 0.3 is 0 Å². The predicted octanol–water partition coefficient (Wildman–Crippen LogP) is 3.43. The highest BCUT2D eigenvalue weighted by Gasteiger charge is 2.46. The van der Waals surface area contributed by atoms with Gasteiger partial charge in [-0.05, 0) is 37.5 Å². The zero-order chi connectivity index (χ0) is 19.1. The highest BCUT2D eigenvalue weighted by Crippen LogP contribution is 2.47. The van der Waals surface area contributed by atoms with Crippen LogP contribution in [0.25, 0.3) is 0 Å². The minimum absolute atomic E-state index is 0.0797. The van der Waals surface area contributed by atoms with E-state index in [2.05, 4.69) is 61.9 Å². The van der Waals surface area contributed by atoms with Crippen LogP contribution in [0.1, 0.15) is 30.1 Å². The van der Waals surface area contributed by atoms with Crippen molar-refractivity contribution in [3.63, 3.8) is 0 Å². The number of nitrogens with two attached hydrogens (primary N) is 1. The van der Waals surface area contributed by atoms with Crippen molar-refractivity contribution in [3.8, 4) is 0 Å². The summed E-state index contributed by atoms with van der Waals surface area (Å²) in [6, 6.07) is 10.5. The van der Waals surface area contributed by atoms with Gasteiger partial charge < -0.3 is 10.6 Å². The van der Waals surface area contributed by atoms with Crippen molar-refractivity contribution < 1.29 is 0 Å². The summed E-state index contributed by atoms with van der Waals surface area (Å²) in [4.78, 5) is 12.9. The summed E-state index contributed by atoms with van der Waals surface area (Å²) in [5, 5.41) is 5.35. The number of rotatable bonds is 3. The first kappa shape index (κ1) is 17.7. The molecule has 0 saturated carbocycles. The number of nitrogens with zero attached hydrogens (tertiary/aromatic N) is 5. The molecule has 28 heavy (non-hydrogen) atoms. The number of hydrogen-bond donors (Lipinski definition) is 1. The van der Waals surface area contributed by atoms with Gasteiger partial charge in [-0.15, -0.1) is 0 Å². The first-order valence-electron chi connectivity index (χ1n) is 9.72. The molecular formula is C21H24N6S. The first-order valence-corrected chi connectivity index (χ1v) is 10.5. The van der Waals surface area contributed by atoms with Crippen LogP contribution in [0.4, 0.5) is 5.82 Å². The van der Waals surface area contributed by atoms with E-state index in [1.807, 2.05) is 18.6 Å². The fourth-order valence-corrected chi connectivity index (χ4v) is 5.22. The van der Waals surface area contributed by atoms with Crippen LogP contribution >= 0.6 is 11.8 Å². The fraction of sp³-hybridized carbons (Fsp3) is 0.381. The highest BCUT2D eigenvalue weighted by atomic mass is 32.2. The van der Waals surface area contributed by atoms with Crippen LogP contribution in [0, 0.1) is 12.3 Å². The molecule has 0 aliphatic carbocycles. The molecule has 2 N–H and O–H groups in total. The molecule has 7 heteroatoms. The van der Waals surface area contributed by atoms with Crippen LogP contribution in [0.3, 0.4) is 0 Å². The van der Waals surface area contributed by atoms with E-state index in [-0.39, 0.29) is 11.5 Å². The Labute approximate surface area is 169 Å². The van der Waals surface area contributed by atoms with Gasteiger partial charge in [0.2, 0.25) is 0 Å². The van der Waals surface area contributed by atoms with E-state index >= 15 is 0 Å². The third-order valence-corrected chi connectivity index (χ3v) is 7.30. The zero-order valence-corrected chi connectivity index (χ0v) is 16.8. The second-order valence-corrected chi connectivity index (χ2v) is 8.88. The van der Waals surface area contributed by atoms with Gasteiger partial charge in [0.15, 0.2) is 0 Å². The quantitative estimate of drug-likeness (QED) is 0.736. The summed E-state index contributed by atoms with van der Waals surface area (Å²) in [6.45, 7) is 4.96.